The molecule has 2 aromatic heterocycles. The third-order valence-electron chi connectivity index (χ3n) is 3.61. The van der Waals surface area contributed by atoms with E-state index in [-0.39, 0.29) is 0 Å². The lowest BCUT2D eigenvalue weighted by molar-refractivity contribution is 1.29. The maximum atomic E-state index is 4.54. The molecule has 4 aromatic rings. The zero-order valence-corrected chi connectivity index (χ0v) is 10.8. The molecule has 0 unspecified atom stereocenters. The maximum Gasteiger partial charge on any atom is 0.0795 e. The lowest BCUT2D eigenvalue weighted by Crippen LogP contribution is -1.87. The van der Waals surface area contributed by atoms with Gasteiger partial charge in [-0.1, -0.05) is 36.4 Å². The Morgan fingerprint density at radius 2 is 1.60 bits per heavy atom. The van der Waals surface area contributed by atoms with Crippen molar-refractivity contribution in [2.75, 3.05) is 0 Å². The van der Waals surface area contributed by atoms with Crippen LogP contribution in [0, 0.1) is 0 Å². The van der Waals surface area contributed by atoms with Crippen molar-refractivity contribution in [3.05, 3.63) is 73.2 Å². The second kappa shape index (κ2) is 4.42. The van der Waals surface area contributed by atoms with Crippen LogP contribution >= 0.6 is 0 Å². The molecule has 2 nitrogen and oxygen atoms in total. The Balaban J connectivity index is 2.12. The minimum Gasteiger partial charge on any atom is -0.264 e. The minimum absolute atomic E-state index is 0.987. The van der Waals surface area contributed by atoms with E-state index in [1.807, 2.05) is 24.5 Å². The summed E-state index contributed by atoms with van der Waals surface area (Å²) in [5.41, 5.74) is 2.04. The lowest BCUT2D eigenvalue weighted by Gasteiger charge is -2.08. The van der Waals surface area contributed by atoms with E-state index in [0.29, 0.717) is 0 Å². The van der Waals surface area contributed by atoms with Crippen LogP contribution < -0.4 is 0 Å². The number of hydrogen-bond acceptors (Lipinski definition) is 2. The van der Waals surface area contributed by atoms with Gasteiger partial charge in [0.1, 0.15) is 0 Å². The predicted octanol–water partition coefficient (Wildman–Crippen LogP) is 4.45. The Morgan fingerprint density at radius 3 is 2.50 bits per heavy atom. The molecule has 2 aromatic carbocycles. The summed E-state index contributed by atoms with van der Waals surface area (Å²) in [5, 5.41) is 4.91. The lowest BCUT2D eigenvalue weighted by atomic mass is 9.99. The first-order chi connectivity index (χ1) is 9.93. The first-order valence-corrected chi connectivity index (χ1v) is 6.60. The third-order valence-corrected chi connectivity index (χ3v) is 3.61. The van der Waals surface area contributed by atoms with Gasteiger partial charge >= 0.3 is 0 Å². The molecule has 0 saturated carbocycles. The maximum absolute atomic E-state index is 4.54. The van der Waals surface area contributed by atoms with E-state index in [0.717, 1.165) is 11.3 Å². The molecule has 0 radical (unpaired) electrons. The van der Waals surface area contributed by atoms with Gasteiger partial charge in [0, 0.05) is 29.5 Å². The van der Waals surface area contributed by atoms with Gasteiger partial charge in [-0.2, -0.15) is 0 Å². The van der Waals surface area contributed by atoms with Crippen molar-refractivity contribution in [1.29, 1.82) is 0 Å². The summed E-state index contributed by atoms with van der Waals surface area (Å²) in [6.07, 6.45) is 5.51. The fraction of sp³-hybridized carbons (Fsp3) is 0. The van der Waals surface area contributed by atoms with Crippen LogP contribution in [-0.4, -0.2) is 9.97 Å². The topological polar surface area (TPSA) is 25.8 Å². The summed E-state index contributed by atoms with van der Waals surface area (Å²) in [6.45, 7) is 0. The second-order valence-electron chi connectivity index (χ2n) is 4.78. The average Bonchev–Trinajstić information content (AvgIpc) is 2.55. The standard InChI is InChI=1S/C18H12N2/c1-2-6-15-13(4-1)7-8-17-16(15)9-11-20-18(17)14-5-3-10-19-12-14/h1-12H. The van der Waals surface area contributed by atoms with Gasteiger partial charge in [-0.25, -0.2) is 0 Å². The summed E-state index contributed by atoms with van der Waals surface area (Å²) in [6, 6.07) is 18.8. The number of benzene rings is 2. The van der Waals surface area contributed by atoms with Crippen molar-refractivity contribution in [3.63, 3.8) is 0 Å². The average molecular weight is 256 g/mol. The normalized spacial score (nSPS) is 11.0. The summed E-state index contributed by atoms with van der Waals surface area (Å²) >= 11 is 0. The van der Waals surface area contributed by atoms with E-state index in [9.17, 15) is 0 Å². The Kier molecular flexibility index (Phi) is 2.46. The van der Waals surface area contributed by atoms with E-state index in [4.69, 9.17) is 0 Å². The van der Waals surface area contributed by atoms with Crippen molar-refractivity contribution >= 4 is 21.5 Å². The third kappa shape index (κ3) is 1.66. The van der Waals surface area contributed by atoms with E-state index in [1.54, 1.807) is 6.20 Å². The van der Waals surface area contributed by atoms with Crippen LogP contribution in [0.25, 0.3) is 32.8 Å². The van der Waals surface area contributed by atoms with Crippen LogP contribution in [0.3, 0.4) is 0 Å². The van der Waals surface area contributed by atoms with Gasteiger partial charge in [0.2, 0.25) is 0 Å². The van der Waals surface area contributed by atoms with Gasteiger partial charge < -0.3 is 0 Å². The van der Waals surface area contributed by atoms with Gasteiger partial charge in [-0.05, 0) is 34.4 Å². The molecule has 0 saturated heterocycles. The molecule has 2 heterocycles. The van der Waals surface area contributed by atoms with Crippen LogP contribution in [0.1, 0.15) is 0 Å². The monoisotopic (exact) mass is 256 g/mol. The first kappa shape index (κ1) is 11.1. The Morgan fingerprint density at radius 1 is 0.650 bits per heavy atom. The molecule has 2 heteroatoms. The molecule has 20 heavy (non-hydrogen) atoms. The highest BCUT2D eigenvalue weighted by molar-refractivity contribution is 6.11. The minimum atomic E-state index is 0.987. The Bertz CT molecular complexity index is 899. The summed E-state index contributed by atoms with van der Waals surface area (Å²) in [7, 11) is 0. The van der Waals surface area contributed by atoms with E-state index >= 15 is 0 Å². The molecule has 0 spiro atoms. The fourth-order valence-electron chi connectivity index (χ4n) is 2.67. The van der Waals surface area contributed by atoms with Crippen molar-refractivity contribution in [1.82, 2.24) is 9.97 Å². The molecule has 4 rings (SSSR count). The Hall–Kier alpha value is -2.74. The van der Waals surface area contributed by atoms with E-state index in [2.05, 4.69) is 52.4 Å². The molecule has 0 N–H and O–H groups in total. The van der Waals surface area contributed by atoms with Crippen LogP contribution in [0.15, 0.2) is 73.2 Å². The largest absolute Gasteiger partial charge is 0.264 e. The zero-order valence-electron chi connectivity index (χ0n) is 10.8. The van der Waals surface area contributed by atoms with Crippen molar-refractivity contribution in [3.8, 4) is 11.3 Å². The van der Waals surface area contributed by atoms with Gasteiger partial charge in [0.05, 0.1) is 5.69 Å². The van der Waals surface area contributed by atoms with Gasteiger partial charge in [-0.15, -0.1) is 0 Å². The van der Waals surface area contributed by atoms with Gasteiger partial charge in [-0.3, -0.25) is 9.97 Å². The van der Waals surface area contributed by atoms with Crippen LogP contribution in [0.2, 0.25) is 0 Å². The van der Waals surface area contributed by atoms with Crippen LogP contribution in [0.4, 0.5) is 0 Å². The molecule has 0 amide bonds. The molecule has 0 atom stereocenters. The number of aromatic nitrogens is 2. The first-order valence-electron chi connectivity index (χ1n) is 6.60. The highest BCUT2D eigenvalue weighted by atomic mass is 14.7. The number of pyridine rings is 2. The molecule has 0 aliphatic rings. The number of fused-ring (bicyclic) bond motifs is 3. The van der Waals surface area contributed by atoms with E-state index < -0.39 is 0 Å². The van der Waals surface area contributed by atoms with Crippen molar-refractivity contribution in [2.45, 2.75) is 0 Å². The number of nitrogens with zero attached hydrogens (tertiary/aromatic N) is 2. The zero-order chi connectivity index (χ0) is 13.4. The SMILES string of the molecule is c1cncc(-c2nccc3c2ccc2ccccc23)c1. The molecule has 0 aliphatic carbocycles. The summed E-state index contributed by atoms with van der Waals surface area (Å²) in [5.74, 6) is 0. The highest BCUT2D eigenvalue weighted by Crippen LogP contribution is 2.30. The molecule has 0 aliphatic heterocycles. The smallest absolute Gasteiger partial charge is 0.0795 e. The predicted molar refractivity (Wildman–Crippen MR) is 82.5 cm³/mol. The number of hydrogen-bond donors (Lipinski definition) is 0. The van der Waals surface area contributed by atoms with Crippen LogP contribution in [-0.2, 0) is 0 Å². The molecule has 94 valence electrons. The fourth-order valence-corrected chi connectivity index (χ4v) is 2.67. The highest BCUT2D eigenvalue weighted by Gasteiger charge is 2.07. The van der Waals surface area contributed by atoms with Gasteiger partial charge in [0.25, 0.3) is 0 Å². The quantitative estimate of drug-likeness (QED) is 0.470. The van der Waals surface area contributed by atoms with Gasteiger partial charge in [0.15, 0.2) is 0 Å². The van der Waals surface area contributed by atoms with Crippen LogP contribution in [0.5, 0.6) is 0 Å². The molecule has 0 fully saturated rings. The summed E-state index contributed by atoms with van der Waals surface area (Å²) < 4.78 is 0. The van der Waals surface area contributed by atoms with Crippen molar-refractivity contribution < 1.29 is 0 Å². The molecular weight excluding hydrogens is 244 g/mol. The summed E-state index contributed by atoms with van der Waals surface area (Å²) in [4.78, 5) is 8.73. The van der Waals surface area contributed by atoms with E-state index in [1.165, 1.54) is 21.5 Å². The molecular formula is C18H12N2. The number of rotatable bonds is 1. The Labute approximate surface area is 116 Å². The second-order valence-corrected chi connectivity index (χ2v) is 4.78. The van der Waals surface area contributed by atoms with Crippen molar-refractivity contribution in [2.24, 2.45) is 0 Å². The molecule has 0 bridgehead atoms.